The van der Waals surface area contributed by atoms with Gasteiger partial charge in [-0.25, -0.2) is 4.39 Å². The van der Waals surface area contributed by atoms with Gasteiger partial charge in [-0.2, -0.15) is 0 Å². The molecule has 1 aliphatic rings. The second-order valence-electron chi connectivity index (χ2n) is 4.82. The molecule has 1 fully saturated rings. The summed E-state index contributed by atoms with van der Waals surface area (Å²) < 4.78 is 13.4. The molecule has 0 aliphatic heterocycles. The molecule has 17 heavy (non-hydrogen) atoms. The van der Waals surface area contributed by atoms with Crippen molar-refractivity contribution in [1.82, 2.24) is 5.32 Å². The lowest BCUT2D eigenvalue weighted by atomic mass is 9.86. The average Bonchev–Trinajstić information content (AvgIpc) is 2.32. The van der Waals surface area contributed by atoms with Gasteiger partial charge in [-0.05, 0) is 30.9 Å². The lowest BCUT2D eigenvalue weighted by Crippen LogP contribution is -2.41. The van der Waals surface area contributed by atoms with Crippen LogP contribution in [0.5, 0.6) is 0 Å². The fourth-order valence-corrected chi connectivity index (χ4v) is 2.42. The molecule has 0 spiro atoms. The van der Waals surface area contributed by atoms with Gasteiger partial charge in [0.1, 0.15) is 5.82 Å². The Bertz CT molecular complexity index is 405. The lowest BCUT2D eigenvalue weighted by molar-refractivity contribution is 0.0906. The Morgan fingerprint density at radius 1 is 1.29 bits per heavy atom. The van der Waals surface area contributed by atoms with Gasteiger partial charge in [-0.15, -0.1) is 0 Å². The van der Waals surface area contributed by atoms with E-state index in [0.29, 0.717) is 5.92 Å². The third-order valence-electron chi connectivity index (χ3n) is 3.55. The first kappa shape index (κ1) is 12.1. The van der Waals surface area contributed by atoms with Crippen LogP contribution in [0.25, 0.3) is 0 Å². The monoisotopic (exact) mass is 235 g/mol. The second-order valence-corrected chi connectivity index (χ2v) is 4.82. The summed E-state index contributed by atoms with van der Waals surface area (Å²) in [5, 5.41) is 2.95. The van der Waals surface area contributed by atoms with E-state index in [2.05, 4.69) is 12.2 Å². The van der Waals surface area contributed by atoms with E-state index in [1.807, 2.05) is 0 Å². The van der Waals surface area contributed by atoms with Crippen LogP contribution < -0.4 is 5.32 Å². The van der Waals surface area contributed by atoms with E-state index < -0.39 is 5.82 Å². The number of carbonyl (C=O) groups excluding carboxylic acids is 1. The first-order valence-corrected chi connectivity index (χ1v) is 6.24. The minimum absolute atomic E-state index is 0.144. The van der Waals surface area contributed by atoms with Gasteiger partial charge in [0.25, 0.3) is 5.91 Å². The number of rotatable bonds is 2. The summed E-state index contributed by atoms with van der Waals surface area (Å²) in [4.78, 5) is 11.9. The van der Waals surface area contributed by atoms with E-state index in [9.17, 15) is 9.18 Å². The van der Waals surface area contributed by atoms with Gasteiger partial charge >= 0.3 is 0 Å². The molecule has 0 heterocycles. The molecule has 1 aromatic carbocycles. The maximum Gasteiger partial charge on any atom is 0.254 e. The zero-order chi connectivity index (χ0) is 12.3. The highest BCUT2D eigenvalue weighted by Crippen LogP contribution is 2.24. The molecular weight excluding hydrogens is 217 g/mol. The standard InChI is InChI=1S/C14H18FNO/c1-10-6-2-5-9-13(10)16-14(17)11-7-3-4-8-12(11)15/h3-4,7-8,10,13H,2,5-6,9H2,1H3,(H,16,17). The zero-order valence-electron chi connectivity index (χ0n) is 10.1. The molecular formula is C14H18FNO. The number of amides is 1. The molecule has 1 saturated carbocycles. The Hall–Kier alpha value is -1.38. The Kier molecular flexibility index (Phi) is 3.77. The van der Waals surface area contributed by atoms with Crippen molar-refractivity contribution in [2.45, 2.75) is 38.6 Å². The van der Waals surface area contributed by atoms with Crippen molar-refractivity contribution in [1.29, 1.82) is 0 Å². The summed E-state index contributed by atoms with van der Waals surface area (Å²) >= 11 is 0. The number of carbonyl (C=O) groups is 1. The molecule has 3 heteroatoms. The maximum atomic E-state index is 13.4. The molecule has 2 rings (SSSR count). The predicted molar refractivity (Wildman–Crippen MR) is 65.3 cm³/mol. The molecule has 1 aromatic rings. The first-order chi connectivity index (χ1) is 8.18. The highest BCUT2D eigenvalue weighted by Gasteiger charge is 2.23. The zero-order valence-corrected chi connectivity index (χ0v) is 10.1. The van der Waals surface area contributed by atoms with Crippen LogP contribution in [0.4, 0.5) is 4.39 Å². The minimum Gasteiger partial charge on any atom is -0.349 e. The van der Waals surface area contributed by atoms with E-state index in [-0.39, 0.29) is 17.5 Å². The second kappa shape index (κ2) is 5.30. The summed E-state index contributed by atoms with van der Waals surface area (Å²) in [6.45, 7) is 2.14. The molecule has 2 nitrogen and oxygen atoms in total. The van der Waals surface area contributed by atoms with E-state index in [1.165, 1.54) is 18.6 Å². The van der Waals surface area contributed by atoms with Gasteiger partial charge < -0.3 is 5.32 Å². The number of benzene rings is 1. The van der Waals surface area contributed by atoms with Gasteiger partial charge in [0, 0.05) is 6.04 Å². The number of nitrogens with one attached hydrogen (secondary N) is 1. The summed E-state index contributed by atoms with van der Waals surface area (Å²) in [5.74, 6) is -0.255. The Balaban J connectivity index is 2.04. The van der Waals surface area contributed by atoms with Gasteiger partial charge in [0.2, 0.25) is 0 Å². The lowest BCUT2D eigenvalue weighted by Gasteiger charge is -2.29. The topological polar surface area (TPSA) is 29.1 Å². The SMILES string of the molecule is CC1CCCCC1NC(=O)c1ccccc1F. The van der Waals surface area contributed by atoms with Crippen molar-refractivity contribution < 1.29 is 9.18 Å². The molecule has 0 saturated heterocycles. The van der Waals surface area contributed by atoms with Crippen LogP contribution in [0.15, 0.2) is 24.3 Å². The highest BCUT2D eigenvalue weighted by atomic mass is 19.1. The number of hydrogen-bond acceptors (Lipinski definition) is 1. The van der Waals surface area contributed by atoms with Crippen LogP contribution in [0.1, 0.15) is 43.0 Å². The third kappa shape index (κ3) is 2.84. The minimum atomic E-state index is -0.450. The van der Waals surface area contributed by atoms with E-state index in [4.69, 9.17) is 0 Å². The first-order valence-electron chi connectivity index (χ1n) is 6.24. The normalized spacial score (nSPS) is 24.4. The van der Waals surface area contributed by atoms with Gasteiger partial charge in [-0.3, -0.25) is 4.79 Å². The number of halogens is 1. The van der Waals surface area contributed by atoms with Crippen molar-refractivity contribution in [3.63, 3.8) is 0 Å². The summed E-state index contributed by atoms with van der Waals surface area (Å²) in [5.41, 5.74) is 0.144. The maximum absolute atomic E-state index is 13.4. The van der Waals surface area contributed by atoms with Crippen LogP contribution in [0.3, 0.4) is 0 Å². The number of hydrogen-bond donors (Lipinski definition) is 1. The smallest absolute Gasteiger partial charge is 0.254 e. The molecule has 1 aliphatic carbocycles. The molecule has 0 radical (unpaired) electrons. The van der Waals surface area contributed by atoms with Crippen molar-refractivity contribution in [2.24, 2.45) is 5.92 Å². The van der Waals surface area contributed by atoms with Crippen LogP contribution in [0, 0.1) is 11.7 Å². The van der Waals surface area contributed by atoms with E-state index in [0.717, 1.165) is 19.3 Å². The molecule has 0 aromatic heterocycles. The quantitative estimate of drug-likeness (QED) is 0.838. The Morgan fingerprint density at radius 2 is 2.00 bits per heavy atom. The third-order valence-corrected chi connectivity index (χ3v) is 3.55. The van der Waals surface area contributed by atoms with Gasteiger partial charge in [0.05, 0.1) is 5.56 Å². The van der Waals surface area contributed by atoms with E-state index >= 15 is 0 Å². The van der Waals surface area contributed by atoms with Gasteiger partial charge in [0.15, 0.2) is 0 Å². The van der Waals surface area contributed by atoms with Crippen molar-refractivity contribution >= 4 is 5.91 Å². The van der Waals surface area contributed by atoms with Crippen LogP contribution in [-0.4, -0.2) is 11.9 Å². The van der Waals surface area contributed by atoms with Gasteiger partial charge in [-0.1, -0.05) is 31.9 Å². The Labute approximate surface area is 101 Å². The highest BCUT2D eigenvalue weighted by molar-refractivity contribution is 5.94. The molecule has 1 amide bonds. The predicted octanol–water partition coefficient (Wildman–Crippen LogP) is 3.13. The fourth-order valence-electron chi connectivity index (χ4n) is 2.42. The van der Waals surface area contributed by atoms with Crippen LogP contribution >= 0.6 is 0 Å². The fraction of sp³-hybridized carbons (Fsp3) is 0.500. The van der Waals surface area contributed by atoms with Crippen molar-refractivity contribution in [2.75, 3.05) is 0 Å². The summed E-state index contributed by atoms with van der Waals surface area (Å²) in [6.07, 6.45) is 4.52. The molecule has 2 atom stereocenters. The molecule has 2 unspecified atom stereocenters. The largest absolute Gasteiger partial charge is 0.349 e. The summed E-state index contributed by atoms with van der Waals surface area (Å²) in [6, 6.07) is 6.31. The van der Waals surface area contributed by atoms with Crippen molar-refractivity contribution in [3.05, 3.63) is 35.6 Å². The molecule has 1 N–H and O–H groups in total. The van der Waals surface area contributed by atoms with Crippen LogP contribution in [-0.2, 0) is 0 Å². The Morgan fingerprint density at radius 3 is 2.71 bits per heavy atom. The summed E-state index contributed by atoms with van der Waals surface area (Å²) in [7, 11) is 0. The molecule has 92 valence electrons. The average molecular weight is 235 g/mol. The van der Waals surface area contributed by atoms with Crippen molar-refractivity contribution in [3.8, 4) is 0 Å². The van der Waals surface area contributed by atoms with E-state index in [1.54, 1.807) is 12.1 Å². The molecule has 0 bridgehead atoms. The van der Waals surface area contributed by atoms with Crippen LogP contribution in [0.2, 0.25) is 0 Å².